The van der Waals surface area contributed by atoms with Crippen molar-refractivity contribution in [3.05, 3.63) is 59.3 Å². The van der Waals surface area contributed by atoms with Crippen molar-refractivity contribution in [2.45, 2.75) is 0 Å². The summed E-state index contributed by atoms with van der Waals surface area (Å²) >= 11 is 1.35. The number of hydrogen-bond donors (Lipinski definition) is 0. The molecule has 0 radical (unpaired) electrons. The molecule has 6 heteroatoms. The zero-order chi connectivity index (χ0) is 16.2. The average molecular weight is 325 g/mol. The van der Waals surface area contributed by atoms with E-state index < -0.39 is 0 Å². The van der Waals surface area contributed by atoms with E-state index in [9.17, 15) is 4.79 Å². The first-order valence-corrected chi connectivity index (χ1v) is 7.79. The molecule has 2 aromatic rings. The molecule has 0 bridgehead atoms. The monoisotopic (exact) mass is 325 g/mol. The first kappa shape index (κ1) is 15.3. The molecule has 0 spiro atoms. The molecule has 0 N–H and O–H groups in total. The molecule has 3 rings (SSSR count). The number of thioether (sulfide) groups is 1. The molecule has 1 aliphatic heterocycles. The van der Waals surface area contributed by atoms with Gasteiger partial charge in [-0.15, -0.1) is 0 Å². The van der Waals surface area contributed by atoms with Crippen LogP contribution in [0.15, 0.2) is 58.7 Å². The first-order valence-electron chi connectivity index (χ1n) is 6.98. The van der Waals surface area contributed by atoms with Gasteiger partial charge < -0.3 is 4.74 Å². The fourth-order valence-corrected chi connectivity index (χ4v) is 3.02. The highest BCUT2D eigenvalue weighted by Gasteiger charge is 2.30. The van der Waals surface area contributed by atoms with Gasteiger partial charge in [0.05, 0.1) is 23.9 Å². The maximum Gasteiger partial charge on any atom is 0.266 e. The molecule has 0 atom stereocenters. The highest BCUT2D eigenvalue weighted by Crippen LogP contribution is 2.33. The van der Waals surface area contributed by atoms with Crippen LogP contribution in [-0.4, -0.2) is 35.1 Å². The van der Waals surface area contributed by atoms with Crippen LogP contribution < -0.4 is 4.74 Å². The number of ether oxygens (including phenoxy) is 1. The minimum atomic E-state index is -0.0616. The van der Waals surface area contributed by atoms with Gasteiger partial charge >= 0.3 is 0 Å². The Morgan fingerprint density at radius 1 is 1.26 bits per heavy atom. The van der Waals surface area contributed by atoms with E-state index in [1.807, 2.05) is 42.5 Å². The summed E-state index contributed by atoms with van der Waals surface area (Å²) in [5.41, 5.74) is 1.66. The Bertz CT molecular complexity index is 770. The van der Waals surface area contributed by atoms with Crippen molar-refractivity contribution in [3.63, 3.8) is 0 Å². The number of amidine groups is 1. The van der Waals surface area contributed by atoms with Crippen LogP contribution >= 0.6 is 11.8 Å². The summed E-state index contributed by atoms with van der Waals surface area (Å²) in [6.45, 7) is 0. The van der Waals surface area contributed by atoms with Gasteiger partial charge in [0.2, 0.25) is 0 Å². The number of methoxy groups -OCH3 is 1. The van der Waals surface area contributed by atoms with Gasteiger partial charge in [0.15, 0.2) is 5.17 Å². The number of pyridine rings is 1. The predicted molar refractivity (Wildman–Crippen MR) is 92.7 cm³/mol. The van der Waals surface area contributed by atoms with E-state index in [1.165, 1.54) is 11.8 Å². The van der Waals surface area contributed by atoms with Crippen LogP contribution in [0.3, 0.4) is 0 Å². The summed E-state index contributed by atoms with van der Waals surface area (Å²) in [4.78, 5) is 23.0. The lowest BCUT2D eigenvalue weighted by Crippen LogP contribution is -2.23. The molecule has 1 aliphatic rings. The summed E-state index contributed by atoms with van der Waals surface area (Å²) in [5, 5.41) is 0.641. The third-order valence-corrected chi connectivity index (χ3v) is 4.35. The molecule has 0 aliphatic carbocycles. The number of hydrogen-bond acceptors (Lipinski definition) is 5. The van der Waals surface area contributed by atoms with E-state index >= 15 is 0 Å². The first-order chi connectivity index (χ1) is 11.2. The van der Waals surface area contributed by atoms with Crippen LogP contribution in [0.4, 0.5) is 5.69 Å². The van der Waals surface area contributed by atoms with E-state index in [-0.39, 0.29) is 5.91 Å². The van der Waals surface area contributed by atoms with Gasteiger partial charge in [-0.1, -0.05) is 12.1 Å². The van der Waals surface area contributed by atoms with E-state index in [4.69, 9.17) is 4.74 Å². The molecule has 5 nitrogen and oxygen atoms in total. The smallest absolute Gasteiger partial charge is 0.266 e. The van der Waals surface area contributed by atoms with Gasteiger partial charge in [-0.2, -0.15) is 0 Å². The lowest BCUT2D eigenvalue weighted by atomic mass is 10.2. The third kappa shape index (κ3) is 3.43. The van der Waals surface area contributed by atoms with Gasteiger partial charge in [0, 0.05) is 13.2 Å². The number of nitrogens with zero attached hydrogens (tertiary/aromatic N) is 3. The number of aliphatic imine (C=N–C) groups is 1. The Morgan fingerprint density at radius 2 is 2.04 bits per heavy atom. The van der Waals surface area contributed by atoms with Crippen molar-refractivity contribution >= 4 is 34.6 Å². The molecule has 0 unspecified atom stereocenters. The van der Waals surface area contributed by atoms with Crippen LogP contribution in [-0.2, 0) is 4.79 Å². The number of aromatic nitrogens is 1. The predicted octanol–water partition coefficient (Wildman–Crippen LogP) is 3.32. The lowest BCUT2D eigenvalue weighted by Gasteiger charge is -2.06. The Labute approximate surface area is 138 Å². The van der Waals surface area contributed by atoms with Crippen molar-refractivity contribution in [1.82, 2.24) is 9.88 Å². The number of rotatable bonds is 3. The van der Waals surface area contributed by atoms with Crippen LogP contribution in [0.1, 0.15) is 5.56 Å². The summed E-state index contributed by atoms with van der Waals surface area (Å²) in [6, 6.07) is 11.2. The normalized spacial score (nSPS) is 18.0. The molecular formula is C17H15N3O2S. The van der Waals surface area contributed by atoms with Gasteiger partial charge in [-0.25, -0.2) is 4.99 Å². The second kappa shape index (κ2) is 6.66. The summed E-state index contributed by atoms with van der Waals surface area (Å²) in [7, 11) is 3.35. The van der Waals surface area contributed by atoms with Crippen LogP contribution in [0.2, 0.25) is 0 Å². The van der Waals surface area contributed by atoms with Crippen LogP contribution in [0.25, 0.3) is 6.08 Å². The van der Waals surface area contributed by atoms with Crippen molar-refractivity contribution in [2.24, 2.45) is 4.99 Å². The standard InChI is InChI=1S/C17H15N3O2S/c1-20-16(21)15(10-12-5-7-14(22-2)8-6-12)23-17(20)19-13-4-3-9-18-11-13/h3-11H,1-2H3/b15-10-,19-17?. The largest absolute Gasteiger partial charge is 0.497 e. The zero-order valence-electron chi connectivity index (χ0n) is 12.8. The Hall–Kier alpha value is -2.60. The van der Waals surface area contributed by atoms with E-state index in [2.05, 4.69) is 9.98 Å². The van der Waals surface area contributed by atoms with Crippen molar-refractivity contribution in [1.29, 1.82) is 0 Å². The van der Waals surface area contributed by atoms with E-state index in [0.717, 1.165) is 17.0 Å². The Morgan fingerprint density at radius 3 is 2.70 bits per heavy atom. The van der Waals surface area contributed by atoms with E-state index in [1.54, 1.807) is 31.5 Å². The summed E-state index contributed by atoms with van der Waals surface area (Å²) < 4.78 is 5.13. The molecule has 1 aromatic carbocycles. The highest BCUT2D eigenvalue weighted by atomic mass is 32.2. The topological polar surface area (TPSA) is 54.8 Å². The van der Waals surface area contributed by atoms with Gasteiger partial charge in [-0.05, 0) is 47.7 Å². The minimum absolute atomic E-state index is 0.0616. The van der Waals surface area contributed by atoms with Gasteiger partial charge in [0.25, 0.3) is 5.91 Å². The fourth-order valence-electron chi connectivity index (χ4n) is 2.03. The highest BCUT2D eigenvalue weighted by molar-refractivity contribution is 8.18. The molecule has 1 amide bonds. The Balaban J connectivity index is 1.85. The Kier molecular flexibility index (Phi) is 4.43. The SMILES string of the molecule is COc1ccc(/C=C2\SC(=Nc3cccnc3)N(C)C2=O)cc1. The number of likely N-dealkylation sites (N-methyl/N-ethyl adjacent to an activating group) is 1. The quantitative estimate of drug-likeness (QED) is 0.812. The molecule has 116 valence electrons. The summed E-state index contributed by atoms with van der Waals surface area (Å²) in [6.07, 6.45) is 5.21. The number of benzene rings is 1. The van der Waals surface area contributed by atoms with Crippen LogP contribution in [0.5, 0.6) is 5.75 Å². The maximum absolute atomic E-state index is 12.3. The molecular weight excluding hydrogens is 310 g/mol. The number of carbonyl (C=O) groups excluding carboxylic acids is 1. The number of amides is 1. The van der Waals surface area contributed by atoms with Crippen molar-refractivity contribution in [3.8, 4) is 5.75 Å². The molecule has 2 heterocycles. The maximum atomic E-state index is 12.3. The minimum Gasteiger partial charge on any atom is -0.497 e. The number of carbonyl (C=O) groups is 1. The summed E-state index contributed by atoms with van der Waals surface area (Å²) in [5.74, 6) is 0.724. The average Bonchev–Trinajstić information content (AvgIpc) is 2.84. The van der Waals surface area contributed by atoms with Gasteiger partial charge in [-0.3, -0.25) is 14.7 Å². The van der Waals surface area contributed by atoms with E-state index in [0.29, 0.717) is 10.1 Å². The van der Waals surface area contributed by atoms with Crippen molar-refractivity contribution < 1.29 is 9.53 Å². The molecule has 23 heavy (non-hydrogen) atoms. The molecule has 0 saturated carbocycles. The lowest BCUT2D eigenvalue weighted by molar-refractivity contribution is -0.121. The second-order valence-corrected chi connectivity index (χ2v) is 5.86. The molecule has 1 aromatic heterocycles. The second-order valence-electron chi connectivity index (χ2n) is 4.85. The fraction of sp³-hybridized carbons (Fsp3) is 0.118. The molecule has 1 saturated heterocycles. The third-order valence-electron chi connectivity index (χ3n) is 3.29. The van der Waals surface area contributed by atoms with Gasteiger partial charge in [0.1, 0.15) is 5.75 Å². The van der Waals surface area contributed by atoms with Crippen LogP contribution in [0, 0.1) is 0 Å². The zero-order valence-corrected chi connectivity index (χ0v) is 13.6. The molecule has 1 fully saturated rings. The van der Waals surface area contributed by atoms with Crippen molar-refractivity contribution in [2.75, 3.05) is 14.2 Å².